The lowest BCUT2D eigenvalue weighted by Gasteiger charge is -2.61. The van der Waals surface area contributed by atoms with E-state index in [0.29, 0.717) is 23.3 Å². The van der Waals surface area contributed by atoms with Gasteiger partial charge in [0.05, 0.1) is 11.6 Å². The molecule has 4 aliphatic carbocycles. The van der Waals surface area contributed by atoms with E-state index >= 15 is 0 Å². The number of benzene rings is 2. The molecule has 0 radical (unpaired) electrons. The van der Waals surface area contributed by atoms with Crippen LogP contribution in [0.5, 0.6) is 0 Å². The summed E-state index contributed by atoms with van der Waals surface area (Å²) in [5, 5.41) is 9.10. The first-order valence-corrected chi connectivity index (χ1v) is 15.5. The summed E-state index contributed by atoms with van der Waals surface area (Å²) in [7, 11) is 2.29. The highest BCUT2D eigenvalue weighted by Crippen LogP contribution is 2.68. The van der Waals surface area contributed by atoms with Gasteiger partial charge in [0.25, 0.3) is 0 Å². The number of hydrogen-bond donors (Lipinski definition) is 0. The van der Waals surface area contributed by atoms with Gasteiger partial charge in [-0.3, -0.25) is 4.79 Å². The normalized spacial score (nSPS) is 38.8. The zero-order valence-electron chi connectivity index (χ0n) is 24.5. The van der Waals surface area contributed by atoms with E-state index in [9.17, 15) is 4.79 Å². The molecule has 0 spiro atoms. The molecule has 7 rings (SSSR count). The van der Waals surface area contributed by atoms with Gasteiger partial charge in [0.1, 0.15) is 11.6 Å². The van der Waals surface area contributed by atoms with Gasteiger partial charge in [0, 0.05) is 31.1 Å². The third-order valence-electron chi connectivity index (χ3n) is 12.3. The minimum atomic E-state index is -0.181. The first-order valence-electron chi connectivity index (χ1n) is 15.5. The molecule has 4 saturated carbocycles. The van der Waals surface area contributed by atoms with Gasteiger partial charge in [-0.05, 0) is 105 Å². The van der Waals surface area contributed by atoms with Crippen molar-refractivity contribution in [3.05, 3.63) is 54.6 Å². The Kier molecular flexibility index (Phi) is 6.25. The molecule has 6 heteroatoms. The van der Waals surface area contributed by atoms with Crippen LogP contribution in [0.2, 0.25) is 0 Å². The second-order valence-corrected chi connectivity index (χ2v) is 13.9. The minimum absolute atomic E-state index is 0.0293. The molecule has 0 bridgehead atoms. The fraction of sp³-hybridized carbons (Fsp3) is 0.618. The van der Waals surface area contributed by atoms with E-state index in [2.05, 4.69) is 83.3 Å². The minimum Gasteiger partial charge on any atom is -0.460 e. The Hall–Kier alpha value is -2.89. The maximum absolute atomic E-state index is 12.4. The molecular formula is C34H44N4O2. The Labute approximate surface area is 238 Å². The van der Waals surface area contributed by atoms with E-state index in [4.69, 9.17) is 4.74 Å². The first-order chi connectivity index (χ1) is 19.3. The predicted octanol–water partition coefficient (Wildman–Crippen LogP) is 7.06. The summed E-state index contributed by atoms with van der Waals surface area (Å²) in [6.07, 6.45) is 9.72. The van der Waals surface area contributed by atoms with Crippen molar-refractivity contribution < 1.29 is 9.53 Å². The van der Waals surface area contributed by atoms with E-state index in [1.54, 1.807) is 6.92 Å². The van der Waals surface area contributed by atoms with E-state index in [-0.39, 0.29) is 23.5 Å². The fourth-order valence-electron chi connectivity index (χ4n) is 10.2. The van der Waals surface area contributed by atoms with Crippen molar-refractivity contribution in [3.63, 3.8) is 0 Å². The summed E-state index contributed by atoms with van der Waals surface area (Å²) in [6, 6.07) is 19.8. The van der Waals surface area contributed by atoms with Crippen LogP contribution in [0.3, 0.4) is 0 Å². The number of anilines is 1. The summed E-state index contributed by atoms with van der Waals surface area (Å²) >= 11 is 0. The number of aromatic nitrogens is 3. The van der Waals surface area contributed by atoms with E-state index < -0.39 is 0 Å². The summed E-state index contributed by atoms with van der Waals surface area (Å²) in [5.41, 5.74) is 3.66. The summed E-state index contributed by atoms with van der Waals surface area (Å²) in [5.74, 6) is 2.56. The topological polar surface area (TPSA) is 60.3 Å². The highest BCUT2D eigenvalue weighted by atomic mass is 16.5. The van der Waals surface area contributed by atoms with Crippen LogP contribution in [0, 0.1) is 34.5 Å². The van der Waals surface area contributed by atoms with Gasteiger partial charge in [-0.1, -0.05) is 49.4 Å². The molecule has 3 aromatic rings. The quantitative estimate of drug-likeness (QED) is 0.332. The Morgan fingerprint density at radius 2 is 1.68 bits per heavy atom. The molecule has 4 aliphatic rings. The lowest BCUT2D eigenvalue weighted by Crippen LogP contribution is -2.56. The van der Waals surface area contributed by atoms with Crippen molar-refractivity contribution in [2.75, 3.05) is 11.9 Å². The molecule has 1 aromatic heterocycles. The maximum atomic E-state index is 12.4. The molecule has 0 aliphatic heterocycles. The van der Waals surface area contributed by atoms with Gasteiger partial charge in [-0.2, -0.15) is 0 Å². The number of para-hydroxylation sites is 2. The molecule has 1 heterocycles. The summed E-state index contributed by atoms with van der Waals surface area (Å²) in [6.45, 7) is 6.62. The van der Waals surface area contributed by atoms with Crippen molar-refractivity contribution in [2.24, 2.45) is 34.5 Å². The van der Waals surface area contributed by atoms with Gasteiger partial charge in [0.2, 0.25) is 0 Å². The SMILES string of the molecule is CC(=O)O[C@H]1[C@@H](n2nnc3ccccc32)CC2C3CCC4C[C@@H](N(C)c5ccccc5)CC[C@]4(C)C3CC[C@@]21C. The Balaban J connectivity index is 1.16. The third-order valence-corrected chi connectivity index (χ3v) is 12.3. The first kappa shape index (κ1) is 26.0. The number of rotatable bonds is 4. The standard InChI is InChI=1S/C34H44N4O2/c1-22(39)40-32-31(38-30-13-9-8-12-29(30)35-36-38)21-28-26-15-14-23-20-25(37(4)24-10-6-5-7-11-24)16-18-33(23,2)27(26)17-19-34(28,32)3/h5-13,23,25-28,31-32H,14-21H2,1-4H3/t23?,25-,26?,27?,28?,31-,32-,33-,34-/m0/s1. The molecule has 4 fully saturated rings. The van der Waals surface area contributed by atoms with Crippen molar-refractivity contribution >= 4 is 22.7 Å². The van der Waals surface area contributed by atoms with Crippen LogP contribution in [0.4, 0.5) is 5.69 Å². The van der Waals surface area contributed by atoms with E-state index in [0.717, 1.165) is 35.7 Å². The van der Waals surface area contributed by atoms with Crippen molar-refractivity contribution in [1.82, 2.24) is 15.0 Å². The molecule has 2 aromatic carbocycles. The maximum Gasteiger partial charge on any atom is 0.302 e. The molecule has 4 unspecified atom stereocenters. The van der Waals surface area contributed by atoms with Crippen LogP contribution in [0.15, 0.2) is 54.6 Å². The van der Waals surface area contributed by atoms with Crippen molar-refractivity contribution in [3.8, 4) is 0 Å². The number of carbonyl (C=O) groups is 1. The van der Waals surface area contributed by atoms with E-state index in [1.165, 1.54) is 44.2 Å². The van der Waals surface area contributed by atoms with Gasteiger partial charge >= 0.3 is 5.97 Å². The third kappa shape index (κ3) is 3.92. The Morgan fingerprint density at radius 1 is 0.925 bits per heavy atom. The largest absolute Gasteiger partial charge is 0.460 e. The average Bonchev–Trinajstić information content (AvgIpc) is 3.51. The number of hydrogen-bond acceptors (Lipinski definition) is 5. The number of fused-ring (bicyclic) bond motifs is 6. The summed E-state index contributed by atoms with van der Waals surface area (Å²) < 4.78 is 8.31. The number of nitrogens with zero attached hydrogens (tertiary/aromatic N) is 4. The van der Waals surface area contributed by atoms with Crippen LogP contribution in [-0.2, 0) is 9.53 Å². The molecule has 40 heavy (non-hydrogen) atoms. The highest BCUT2D eigenvalue weighted by Gasteiger charge is 2.64. The molecular weight excluding hydrogens is 496 g/mol. The highest BCUT2D eigenvalue weighted by molar-refractivity contribution is 5.74. The van der Waals surface area contributed by atoms with Gasteiger partial charge < -0.3 is 9.64 Å². The number of carbonyl (C=O) groups excluding carboxylic acids is 1. The van der Waals surface area contributed by atoms with Crippen LogP contribution in [-0.4, -0.2) is 40.2 Å². The zero-order chi connectivity index (χ0) is 27.6. The van der Waals surface area contributed by atoms with Crippen LogP contribution in [0.25, 0.3) is 11.0 Å². The fourth-order valence-corrected chi connectivity index (χ4v) is 10.2. The van der Waals surface area contributed by atoms with E-state index in [1.807, 2.05) is 12.1 Å². The van der Waals surface area contributed by atoms with Gasteiger partial charge in [-0.25, -0.2) is 4.68 Å². The molecule has 0 amide bonds. The number of esters is 1. The van der Waals surface area contributed by atoms with Gasteiger partial charge in [0.15, 0.2) is 0 Å². The van der Waals surface area contributed by atoms with Crippen LogP contribution >= 0.6 is 0 Å². The zero-order valence-corrected chi connectivity index (χ0v) is 24.5. The second-order valence-electron chi connectivity index (χ2n) is 13.9. The molecule has 0 saturated heterocycles. The smallest absolute Gasteiger partial charge is 0.302 e. The number of ether oxygens (including phenoxy) is 1. The van der Waals surface area contributed by atoms with Crippen molar-refractivity contribution in [1.29, 1.82) is 0 Å². The Morgan fingerprint density at radius 3 is 2.48 bits per heavy atom. The molecule has 6 nitrogen and oxygen atoms in total. The van der Waals surface area contributed by atoms with Crippen LogP contribution < -0.4 is 4.90 Å². The van der Waals surface area contributed by atoms with Crippen molar-refractivity contribution in [2.45, 2.75) is 90.3 Å². The average molecular weight is 541 g/mol. The molecule has 0 N–H and O–H groups in total. The molecule has 9 atom stereocenters. The lowest BCUT2D eigenvalue weighted by molar-refractivity contribution is -0.163. The summed E-state index contributed by atoms with van der Waals surface area (Å²) in [4.78, 5) is 15.0. The van der Waals surface area contributed by atoms with Gasteiger partial charge in [-0.15, -0.1) is 5.10 Å². The lowest BCUT2D eigenvalue weighted by atomic mass is 9.45. The van der Waals surface area contributed by atoms with Crippen LogP contribution in [0.1, 0.15) is 78.2 Å². The monoisotopic (exact) mass is 540 g/mol. The second kappa shape index (κ2) is 9.60. The predicted molar refractivity (Wildman–Crippen MR) is 158 cm³/mol. The molecule has 212 valence electrons. The Bertz CT molecular complexity index is 1390.